The Kier molecular flexibility index (Phi) is 4.79. The van der Waals surface area contributed by atoms with Crippen molar-refractivity contribution in [2.75, 3.05) is 7.11 Å². The van der Waals surface area contributed by atoms with E-state index in [1.54, 1.807) is 7.11 Å². The molecule has 0 saturated carbocycles. The van der Waals surface area contributed by atoms with Crippen LogP contribution in [0.3, 0.4) is 0 Å². The summed E-state index contributed by atoms with van der Waals surface area (Å²) >= 11 is 0. The van der Waals surface area contributed by atoms with Gasteiger partial charge in [0.05, 0.1) is 18.9 Å². The smallest absolute Gasteiger partial charge is 0.119 e. The van der Waals surface area contributed by atoms with Crippen molar-refractivity contribution in [1.29, 1.82) is 0 Å². The van der Waals surface area contributed by atoms with E-state index in [0.29, 0.717) is 12.8 Å². The molecule has 0 spiro atoms. The van der Waals surface area contributed by atoms with Crippen LogP contribution in [-0.2, 0) is 26.3 Å². The summed E-state index contributed by atoms with van der Waals surface area (Å²) in [6, 6.07) is 9.88. The first-order valence-electron chi connectivity index (χ1n) is 6.95. The molecule has 0 aliphatic carbocycles. The monoisotopic (exact) mass is 274 g/mol. The molecule has 1 N–H and O–H groups in total. The van der Waals surface area contributed by atoms with Gasteiger partial charge >= 0.3 is 0 Å². The number of benzene rings is 1. The zero-order chi connectivity index (χ0) is 14.5. The maximum absolute atomic E-state index is 10.2. The molecule has 4 nitrogen and oxygen atoms in total. The predicted molar refractivity (Wildman–Crippen MR) is 79.0 cm³/mol. The summed E-state index contributed by atoms with van der Waals surface area (Å²) in [4.78, 5) is 0. The first kappa shape index (κ1) is 14.6. The first-order chi connectivity index (χ1) is 9.62. The van der Waals surface area contributed by atoms with Gasteiger partial charge in [0.25, 0.3) is 0 Å². The van der Waals surface area contributed by atoms with Gasteiger partial charge in [0, 0.05) is 19.2 Å². The fourth-order valence-corrected chi connectivity index (χ4v) is 2.32. The molecule has 1 atom stereocenters. The van der Waals surface area contributed by atoms with Gasteiger partial charge in [-0.05, 0) is 36.6 Å². The van der Waals surface area contributed by atoms with Crippen molar-refractivity contribution in [3.8, 4) is 5.75 Å². The Morgan fingerprint density at radius 2 is 2.10 bits per heavy atom. The number of nitrogens with zero attached hydrogens (tertiary/aromatic N) is 2. The van der Waals surface area contributed by atoms with Gasteiger partial charge in [-0.2, -0.15) is 5.10 Å². The molecule has 1 aromatic carbocycles. The average molecular weight is 274 g/mol. The highest BCUT2D eigenvalue weighted by molar-refractivity contribution is 5.29. The van der Waals surface area contributed by atoms with Crippen molar-refractivity contribution >= 4 is 0 Å². The van der Waals surface area contributed by atoms with Gasteiger partial charge in [-0.15, -0.1) is 0 Å². The summed E-state index contributed by atoms with van der Waals surface area (Å²) in [5, 5.41) is 14.6. The highest BCUT2D eigenvalue weighted by Crippen LogP contribution is 2.16. The molecule has 0 radical (unpaired) electrons. The number of methoxy groups -OCH3 is 1. The van der Waals surface area contributed by atoms with E-state index in [1.807, 2.05) is 36.0 Å². The summed E-state index contributed by atoms with van der Waals surface area (Å²) in [6.45, 7) is 2.08. The Balaban J connectivity index is 2.00. The zero-order valence-electron chi connectivity index (χ0n) is 12.3. The minimum absolute atomic E-state index is 0.415. The lowest BCUT2D eigenvalue weighted by Crippen LogP contribution is -2.16. The Morgan fingerprint density at radius 3 is 2.75 bits per heavy atom. The van der Waals surface area contributed by atoms with Crippen LogP contribution in [0.15, 0.2) is 30.3 Å². The quantitative estimate of drug-likeness (QED) is 0.878. The van der Waals surface area contributed by atoms with Crippen molar-refractivity contribution < 1.29 is 9.84 Å². The predicted octanol–water partition coefficient (Wildman–Crippen LogP) is 2.14. The van der Waals surface area contributed by atoms with E-state index >= 15 is 0 Å². The van der Waals surface area contributed by atoms with Crippen LogP contribution in [0, 0.1) is 0 Å². The fourth-order valence-electron chi connectivity index (χ4n) is 2.32. The third kappa shape index (κ3) is 3.61. The van der Waals surface area contributed by atoms with Crippen LogP contribution in [0.25, 0.3) is 0 Å². The molecular formula is C16H22N2O2. The lowest BCUT2D eigenvalue weighted by Gasteiger charge is -2.11. The molecule has 1 aromatic heterocycles. The molecule has 4 heteroatoms. The standard InChI is InChI=1S/C16H22N2O2/c1-4-13-10-14(18(2)17-13)11-15(19)8-12-6-5-7-16(9-12)20-3/h5-7,9-10,15,19H,4,8,11H2,1-3H3. The number of aliphatic hydroxyl groups excluding tert-OH is 1. The van der Waals surface area contributed by atoms with Crippen LogP contribution in [0.1, 0.15) is 23.9 Å². The zero-order valence-corrected chi connectivity index (χ0v) is 12.3. The van der Waals surface area contributed by atoms with Crippen molar-refractivity contribution in [2.45, 2.75) is 32.3 Å². The molecule has 0 saturated heterocycles. The normalized spacial score (nSPS) is 12.4. The first-order valence-corrected chi connectivity index (χ1v) is 6.95. The molecule has 0 amide bonds. The number of aromatic nitrogens is 2. The SMILES string of the molecule is CCc1cc(CC(O)Cc2cccc(OC)c2)n(C)n1. The molecule has 108 valence electrons. The molecule has 0 bridgehead atoms. The number of hydrogen-bond donors (Lipinski definition) is 1. The number of ether oxygens (including phenoxy) is 1. The second-order valence-corrected chi connectivity index (χ2v) is 5.02. The molecule has 0 fully saturated rings. The summed E-state index contributed by atoms with van der Waals surface area (Å²) in [5.41, 5.74) is 3.21. The van der Waals surface area contributed by atoms with Crippen molar-refractivity contribution in [3.05, 3.63) is 47.3 Å². The number of aliphatic hydroxyl groups is 1. The lowest BCUT2D eigenvalue weighted by molar-refractivity contribution is 0.173. The van der Waals surface area contributed by atoms with Crippen molar-refractivity contribution in [2.24, 2.45) is 7.05 Å². The van der Waals surface area contributed by atoms with Gasteiger partial charge in [-0.25, -0.2) is 0 Å². The minimum atomic E-state index is -0.415. The van der Waals surface area contributed by atoms with Crippen LogP contribution in [0.4, 0.5) is 0 Å². The van der Waals surface area contributed by atoms with E-state index in [0.717, 1.165) is 29.1 Å². The molecule has 1 heterocycles. The topological polar surface area (TPSA) is 47.3 Å². The van der Waals surface area contributed by atoms with E-state index in [4.69, 9.17) is 4.74 Å². The van der Waals surface area contributed by atoms with Crippen molar-refractivity contribution in [1.82, 2.24) is 9.78 Å². The van der Waals surface area contributed by atoms with E-state index < -0.39 is 6.10 Å². The second-order valence-electron chi connectivity index (χ2n) is 5.02. The lowest BCUT2D eigenvalue weighted by atomic mass is 10.0. The van der Waals surface area contributed by atoms with Gasteiger partial charge in [-0.3, -0.25) is 4.68 Å². The van der Waals surface area contributed by atoms with Gasteiger partial charge < -0.3 is 9.84 Å². The van der Waals surface area contributed by atoms with Crippen LogP contribution in [-0.4, -0.2) is 28.1 Å². The highest BCUT2D eigenvalue weighted by Gasteiger charge is 2.11. The largest absolute Gasteiger partial charge is 0.497 e. The molecule has 0 aliphatic heterocycles. The molecular weight excluding hydrogens is 252 g/mol. The van der Waals surface area contributed by atoms with E-state index in [9.17, 15) is 5.11 Å². The van der Waals surface area contributed by atoms with Gasteiger partial charge in [0.15, 0.2) is 0 Å². The van der Waals surface area contributed by atoms with Gasteiger partial charge in [0.1, 0.15) is 5.75 Å². The summed E-state index contributed by atoms with van der Waals surface area (Å²) in [6.07, 6.45) is 1.73. The van der Waals surface area contributed by atoms with Gasteiger partial charge in [-0.1, -0.05) is 19.1 Å². The van der Waals surface area contributed by atoms with Crippen LogP contribution in [0.2, 0.25) is 0 Å². The Bertz CT molecular complexity index is 563. The van der Waals surface area contributed by atoms with E-state index in [-0.39, 0.29) is 0 Å². The summed E-state index contributed by atoms with van der Waals surface area (Å²) in [7, 11) is 3.57. The Morgan fingerprint density at radius 1 is 1.30 bits per heavy atom. The molecule has 0 aliphatic rings. The Labute approximate surface area is 120 Å². The van der Waals surface area contributed by atoms with E-state index in [1.165, 1.54) is 0 Å². The maximum Gasteiger partial charge on any atom is 0.119 e. The fraction of sp³-hybridized carbons (Fsp3) is 0.438. The highest BCUT2D eigenvalue weighted by atomic mass is 16.5. The maximum atomic E-state index is 10.2. The molecule has 2 rings (SSSR count). The summed E-state index contributed by atoms with van der Waals surface area (Å²) in [5.74, 6) is 0.823. The van der Waals surface area contributed by atoms with Crippen molar-refractivity contribution in [3.63, 3.8) is 0 Å². The average Bonchev–Trinajstić information content (AvgIpc) is 2.79. The molecule has 20 heavy (non-hydrogen) atoms. The van der Waals surface area contributed by atoms with Crippen LogP contribution < -0.4 is 4.74 Å². The minimum Gasteiger partial charge on any atom is -0.497 e. The van der Waals surface area contributed by atoms with Gasteiger partial charge in [0.2, 0.25) is 0 Å². The number of rotatable bonds is 6. The number of hydrogen-bond acceptors (Lipinski definition) is 3. The number of aryl methyl sites for hydroxylation is 2. The summed E-state index contributed by atoms with van der Waals surface area (Å²) < 4.78 is 7.05. The molecule has 1 unspecified atom stereocenters. The third-order valence-corrected chi connectivity index (χ3v) is 3.44. The molecule has 2 aromatic rings. The van der Waals surface area contributed by atoms with Crippen LogP contribution in [0.5, 0.6) is 5.75 Å². The second kappa shape index (κ2) is 6.57. The third-order valence-electron chi connectivity index (χ3n) is 3.44. The van der Waals surface area contributed by atoms with Crippen LogP contribution >= 0.6 is 0 Å². The van der Waals surface area contributed by atoms with E-state index in [2.05, 4.69) is 18.1 Å². The Hall–Kier alpha value is -1.81.